The van der Waals surface area contributed by atoms with Gasteiger partial charge in [0, 0.05) is 31.6 Å². The zero-order chi connectivity index (χ0) is 16.5. The van der Waals surface area contributed by atoms with Crippen molar-refractivity contribution in [3.63, 3.8) is 0 Å². The minimum Gasteiger partial charge on any atom is -0.356 e. The van der Waals surface area contributed by atoms with Crippen molar-refractivity contribution in [2.45, 2.75) is 39.2 Å². The first-order valence-corrected chi connectivity index (χ1v) is 9.54. The SMILES string of the molecule is Cc1nc2c(c(N3CCCCC3)n1)CN(C(=O)c1cccs1)CC2. The normalized spacial score (nSPS) is 17.7. The number of nitrogens with zero attached hydrogens (tertiary/aromatic N) is 4. The number of fused-ring (bicyclic) bond motifs is 1. The van der Waals surface area contributed by atoms with Crippen LogP contribution in [0.3, 0.4) is 0 Å². The molecule has 2 aliphatic rings. The van der Waals surface area contributed by atoms with Gasteiger partial charge in [-0.1, -0.05) is 6.07 Å². The Balaban J connectivity index is 1.65. The van der Waals surface area contributed by atoms with Crippen LogP contribution in [0.2, 0.25) is 0 Å². The molecule has 1 saturated heterocycles. The lowest BCUT2D eigenvalue weighted by Gasteiger charge is -2.34. The van der Waals surface area contributed by atoms with E-state index in [2.05, 4.69) is 9.88 Å². The summed E-state index contributed by atoms with van der Waals surface area (Å²) in [5.74, 6) is 2.02. The van der Waals surface area contributed by atoms with E-state index in [1.165, 1.54) is 30.6 Å². The number of thiophene rings is 1. The fourth-order valence-corrected chi connectivity index (χ4v) is 4.30. The quantitative estimate of drug-likeness (QED) is 0.842. The van der Waals surface area contributed by atoms with Crippen LogP contribution in [0.25, 0.3) is 0 Å². The molecular formula is C18H22N4OS. The summed E-state index contributed by atoms with van der Waals surface area (Å²) in [5.41, 5.74) is 2.27. The molecule has 1 amide bonds. The van der Waals surface area contributed by atoms with Crippen molar-refractivity contribution in [3.05, 3.63) is 39.5 Å². The third-order valence-electron chi connectivity index (χ3n) is 4.83. The van der Waals surface area contributed by atoms with E-state index < -0.39 is 0 Å². The Labute approximate surface area is 146 Å². The van der Waals surface area contributed by atoms with Gasteiger partial charge in [-0.05, 0) is 37.6 Å². The molecule has 24 heavy (non-hydrogen) atoms. The van der Waals surface area contributed by atoms with E-state index in [-0.39, 0.29) is 5.91 Å². The van der Waals surface area contributed by atoms with Gasteiger partial charge in [-0.15, -0.1) is 11.3 Å². The molecule has 2 aromatic rings. The van der Waals surface area contributed by atoms with Crippen molar-refractivity contribution in [3.8, 4) is 0 Å². The van der Waals surface area contributed by atoms with E-state index in [4.69, 9.17) is 4.98 Å². The van der Waals surface area contributed by atoms with Crippen LogP contribution in [0.1, 0.15) is 46.0 Å². The monoisotopic (exact) mass is 342 g/mol. The molecule has 1 fully saturated rings. The van der Waals surface area contributed by atoms with E-state index >= 15 is 0 Å². The fourth-order valence-electron chi connectivity index (χ4n) is 3.61. The molecule has 4 heterocycles. The molecule has 0 N–H and O–H groups in total. The second kappa shape index (κ2) is 6.51. The first-order valence-electron chi connectivity index (χ1n) is 8.66. The molecule has 0 bridgehead atoms. The molecule has 0 unspecified atom stereocenters. The average Bonchev–Trinajstić information content (AvgIpc) is 3.15. The predicted octanol–water partition coefficient (Wildman–Crippen LogP) is 3.04. The third-order valence-corrected chi connectivity index (χ3v) is 5.68. The van der Waals surface area contributed by atoms with Gasteiger partial charge in [-0.2, -0.15) is 0 Å². The van der Waals surface area contributed by atoms with Gasteiger partial charge in [0.15, 0.2) is 0 Å². The number of piperidine rings is 1. The van der Waals surface area contributed by atoms with Crippen molar-refractivity contribution in [2.75, 3.05) is 24.5 Å². The summed E-state index contributed by atoms with van der Waals surface area (Å²) in [6.07, 6.45) is 4.55. The lowest BCUT2D eigenvalue weighted by atomic mass is 10.0. The Morgan fingerprint density at radius 1 is 1.17 bits per heavy atom. The molecule has 0 saturated carbocycles. The summed E-state index contributed by atoms with van der Waals surface area (Å²) < 4.78 is 0. The molecule has 2 aliphatic heterocycles. The summed E-state index contributed by atoms with van der Waals surface area (Å²) in [7, 11) is 0. The summed E-state index contributed by atoms with van der Waals surface area (Å²) in [6, 6.07) is 3.83. The van der Waals surface area contributed by atoms with Gasteiger partial charge in [0.2, 0.25) is 0 Å². The third kappa shape index (κ3) is 2.90. The number of hydrogen-bond acceptors (Lipinski definition) is 5. The minimum absolute atomic E-state index is 0.126. The van der Waals surface area contributed by atoms with Crippen LogP contribution in [0, 0.1) is 6.92 Å². The number of anilines is 1. The highest BCUT2D eigenvalue weighted by molar-refractivity contribution is 7.12. The zero-order valence-electron chi connectivity index (χ0n) is 14.0. The van der Waals surface area contributed by atoms with E-state index in [0.717, 1.165) is 53.8 Å². The lowest BCUT2D eigenvalue weighted by Crippen LogP contribution is -2.39. The summed E-state index contributed by atoms with van der Waals surface area (Å²) in [5, 5.41) is 1.96. The van der Waals surface area contributed by atoms with Crippen LogP contribution in [-0.2, 0) is 13.0 Å². The maximum atomic E-state index is 12.7. The molecule has 126 valence electrons. The maximum Gasteiger partial charge on any atom is 0.264 e. The van der Waals surface area contributed by atoms with Crippen molar-refractivity contribution >= 4 is 23.1 Å². The van der Waals surface area contributed by atoms with Crippen LogP contribution in [0.5, 0.6) is 0 Å². The highest BCUT2D eigenvalue weighted by atomic mass is 32.1. The van der Waals surface area contributed by atoms with Gasteiger partial charge in [0.1, 0.15) is 11.6 Å². The molecule has 0 aliphatic carbocycles. The number of amides is 1. The molecule has 0 radical (unpaired) electrons. The largest absolute Gasteiger partial charge is 0.356 e. The first-order chi connectivity index (χ1) is 11.7. The Hall–Kier alpha value is -1.95. The number of rotatable bonds is 2. The molecule has 0 spiro atoms. The summed E-state index contributed by atoms with van der Waals surface area (Å²) in [4.78, 5) is 27.2. The highest BCUT2D eigenvalue weighted by Gasteiger charge is 2.28. The van der Waals surface area contributed by atoms with Crippen molar-refractivity contribution < 1.29 is 4.79 Å². The fraction of sp³-hybridized carbons (Fsp3) is 0.500. The van der Waals surface area contributed by atoms with Crippen LogP contribution in [-0.4, -0.2) is 40.4 Å². The Morgan fingerprint density at radius 2 is 2.00 bits per heavy atom. The molecule has 0 aromatic carbocycles. The van der Waals surface area contributed by atoms with E-state index in [0.29, 0.717) is 6.54 Å². The summed E-state index contributed by atoms with van der Waals surface area (Å²) in [6.45, 7) is 5.44. The molecular weight excluding hydrogens is 320 g/mol. The number of aromatic nitrogens is 2. The molecule has 0 atom stereocenters. The number of hydrogen-bond donors (Lipinski definition) is 0. The maximum absolute atomic E-state index is 12.7. The first kappa shape index (κ1) is 15.6. The average molecular weight is 342 g/mol. The number of carbonyl (C=O) groups is 1. The highest BCUT2D eigenvalue weighted by Crippen LogP contribution is 2.29. The van der Waals surface area contributed by atoms with Gasteiger partial charge in [0.05, 0.1) is 17.1 Å². The number of aryl methyl sites for hydroxylation is 1. The van der Waals surface area contributed by atoms with Crippen LogP contribution < -0.4 is 4.90 Å². The Morgan fingerprint density at radius 3 is 2.75 bits per heavy atom. The van der Waals surface area contributed by atoms with Crippen LogP contribution in [0.15, 0.2) is 17.5 Å². The topological polar surface area (TPSA) is 49.3 Å². The van der Waals surface area contributed by atoms with Crippen molar-refractivity contribution in [1.29, 1.82) is 0 Å². The van der Waals surface area contributed by atoms with E-state index in [1.54, 1.807) is 0 Å². The van der Waals surface area contributed by atoms with Crippen LogP contribution >= 0.6 is 11.3 Å². The Bertz CT molecular complexity index is 738. The minimum atomic E-state index is 0.126. The van der Waals surface area contributed by atoms with E-state index in [9.17, 15) is 4.79 Å². The zero-order valence-corrected chi connectivity index (χ0v) is 14.8. The molecule has 4 rings (SSSR count). The lowest BCUT2D eigenvalue weighted by molar-refractivity contribution is 0.0738. The smallest absolute Gasteiger partial charge is 0.264 e. The van der Waals surface area contributed by atoms with Crippen LogP contribution in [0.4, 0.5) is 5.82 Å². The number of carbonyl (C=O) groups excluding carboxylic acids is 1. The Kier molecular flexibility index (Phi) is 4.22. The second-order valence-electron chi connectivity index (χ2n) is 6.52. The standard InChI is InChI=1S/C18H22N4OS/c1-13-19-15-7-10-22(18(23)16-6-5-11-24-16)12-14(15)17(20-13)21-8-3-2-4-9-21/h5-6,11H,2-4,7-10,12H2,1H3. The van der Waals surface area contributed by atoms with Gasteiger partial charge in [0.25, 0.3) is 5.91 Å². The van der Waals surface area contributed by atoms with Crippen molar-refractivity contribution in [2.24, 2.45) is 0 Å². The second-order valence-corrected chi connectivity index (χ2v) is 7.47. The molecule has 6 heteroatoms. The van der Waals surface area contributed by atoms with Gasteiger partial charge < -0.3 is 9.80 Å². The van der Waals surface area contributed by atoms with Gasteiger partial charge in [-0.25, -0.2) is 9.97 Å². The summed E-state index contributed by atoms with van der Waals surface area (Å²) >= 11 is 1.51. The van der Waals surface area contributed by atoms with Gasteiger partial charge in [-0.3, -0.25) is 4.79 Å². The van der Waals surface area contributed by atoms with Crippen molar-refractivity contribution in [1.82, 2.24) is 14.9 Å². The molecule has 2 aromatic heterocycles. The van der Waals surface area contributed by atoms with Gasteiger partial charge >= 0.3 is 0 Å². The predicted molar refractivity (Wildman–Crippen MR) is 95.6 cm³/mol. The van der Waals surface area contributed by atoms with E-state index in [1.807, 2.05) is 29.3 Å². The molecule has 5 nitrogen and oxygen atoms in total.